The predicted octanol–water partition coefficient (Wildman–Crippen LogP) is 6.86. The van der Waals surface area contributed by atoms with Crippen molar-refractivity contribution in [2.75, 3.05) is 0 Å². The molecule has 0 aromatic heterocycles. The van der Waals surface area contributed by atoms with Gasteiger partial charge in [0, 0.05) is 0 Å². The minimum Gasteiger partial charge on any atom is -0.0825 e. The zero-order valence-electron chi connectivity index (χ0n) is 14.6. The van der Waals surface area contributed by atoms with Crippen molar-refractivity contribution < 1.29 is 0 Å². The zero-order chi connectivity index (χ0) is 14.8. The fraction of sp³-hybridized carbons (Fsp3) is 0.895. The Morgan fingerprint density at radius 1 is 0.895 bits per heavy atom. The summed E-state index contributed by atoms with van der Waals surface area (Å²) in [5.41, 5.74) is 1.66. The first kappa shape index (κ1) is 18.7. The molecule has 0 aliphatic heterocycles. The molecular weight excluding hydrogens is 228 g/mol. The average molecular weight is 267 g/mol. The van der Waals surface area contributed by atoms with Gasteiger partial charge in [-0.3, -0.25) is 0 Å². The van der Waals surface area contributed by atoms with E-state index in [1.807, 2.05) is 0 Å². The molecule has 0 amide bonds. The van der Waals surface area contributed by atoms with Gasteiger partial charge in [-0.15, -0.1) is 0 Å². The van der Waals surface area contributed by atoms with E-state index in [9.17, 15) is 0 Å². The Bertz CT molecular complexity index is 236. The molecule has 0 nitrogen and oxygen atoms in total. The molecule has 0 fully saturated rings. The highest BCUT2D eigenvalue weighted by Crippen LogP contribution is 2.25. The van der Waals surface area contributed by atoms with Crippen molar-refractivity contribution in [3.63, 3.8) is 0 Å². The van der Waals surface area contributed by atoms with E-state index >= 15 is 0 Å². The maximum Gasteiger partial charge on any atom is -0.0257 e. The van der Waals surface area contributed by atoms with Gasteiger partial charge in [0.25, 0.3) is 0 Å². The third-order valence-electron chi connectivity index (χ3n) is 4.01. The van der Waals surface area contributed by atoms with E-state index in [0.717, 1.165) is 23.7 Å². The predicted molar refractivity (Wildman–Crippen MR) is 89.5 cm³/mol. The van der Waals surface area contributed by atoms with E-state index in [0.29, 0.717) is 0 Å². The third kappa shape index (κ3) is 10.2. The first-order valence-corrected chi connectivity index (χ1v) is 8.58. The van der Waals surface area contributed by atoms with Crippen LogP contribution in [0.25, 0.3) is 0 Å². The molecule has 0 heterocycles. The lowest BCUT2D eigenvalue weighted by Crippen LogP contribution is -2.07. The van der Waals surface area contributed by atoms with E-state index in [-0.39, 0.29) is 0 Å². The minimum atomic E-state index is 0.748. The number of hydrogen-bond donors (Lipinski definition) is 0. The van der Waals surface area contributed by atoms with Crippen molar-refractivity contribution in [1.29, 1.82) is 0 Å². The molecule has 0 radical (unpaired) electrons. The van der Waals surface area contributed by atoms with Gasteiger partial charge in [-0.2, -0.15) is 0 Å². The van der Waals surface area contributed by atoms with Gasteiger partial charge >= 0.3 is 0 Å². The fourth-order valence-electron chi connectivity index (χ4n) is 3.35. The van der Waals surface area contributed by atoms with Crippen molar-refractivity contribution in [3.05, 3.63) is 11.6 Å². The van der Waals surface area contributed by atoms with Crippen LogP contribution in [0.2, 0.25) is 0 Å². The highest BCUT2D eigenvalue weighted by Gasteiger charge is 2.11. The second kappa shape index (κ2) is 10.5. The lowest BCUT2D eigenvalue weighted by atomic mass is 9.86. The van der Waals surface area contributed by atoms with Gasteiger partial charge in [-0.1, -0.05) is 73.0 Å². The van der Waals surface area contributed by atoms with Crippen LogP contribution in [0, 0.1) is 23.7 Å². The number of hydrogen-bond acceptors (Lipinski definition) is 0. The van der Waals surface area contributed by atoms with Crippen molar-refractivity contribution in [2.45, 2.75) is 87.0 Å². The van der Waals surface area contributed by atoms with Gasteiger partial charge in [-0.25, -0.2) is 0 Å². The lowest BCUT2D eigenvalue weighted by Gasteiger charge is -2.20. The van der Waals surface area contributed by atoms with E-state index in [2.05, 4.69) is 54.5 Å². The Labute approximate surface area is 123 Å². The first-order chi connectivity index (χ1) is 8.88. The molecule has 0 bridgehead atoms. The molecule has 0 spiro atoms. The Morgan fingerprint density at radius 3 is 2.00 bits per heavy atom. The van der Waals surface area contributed by atoms with Gasteiger partial charge < -0.3 is 0 Å². The monoisotopic (exact) mass is 266 g/mol. The molecule has 0 aliphatic rings. The van der Waals surface area contributed by atoms with E-state index in [1.54, 1.807) is 5.57 Å². The molecule has 0 rings (SSSR count). The van der Waals surface area contributed by atoms with Crippen LogP contribution in [-0.2, 0) is 0 Å². The summed E-state index contributed by atoms with van der Waals surface area (Å²) in [6.07, 6.45) is 10.5. The Morgan fingerprint density at radius 2 is 1.53 bits per heavy atom. The summed E-state index contributed by atoms with van der Waals surface area (Å²) in [6, 6.07) is 0. The van der Waals surface area contributed by atoms with Crippen LogP contribution in [0.1, 0.15) is 87.0 Å². The van der Waals surface area contributed by atoms with Gasteiger partial charge in [0.05, 0.1) is 0 Å². The second-order valence-corrected chi connectivity index (χ2v) is 7.22. The standard InChI is InChI=1S/C19H38/c1-8-10-16(5)12-17(6)13-18(7)14-19(9-2)11-15(3)4/h14-18H,8-13H2,1-7H3. The van der Waals surface area contributed by atoms with Gasteiger partial charge in [-0.05, 0) is 49.4 Å². The van der Waals surface area contributed by atoms with Crippen LogP contribution in [0.15, 0.2) is 11.6 Å². The zero-order valence-corrected chi connectivity index (χ0v) is 14.6. The summed E-state index contributed by atoms with van der Waals surface area (Å²) in [5.74, 6) is 3.31. The van der Waals surface area contributed by atoms with Crippen LogP contribution in [0.3, 0.4) is 0 Å². The van der Waals surface area contributed by atoms with Crippen LogP contribution < -0.4 is 0 Å². The maximum atomic E-state index is 2.56. The second-order valence-electron chi connectivity index (χ2n) is 7.22. The largest absolute Gasteiger partial charge is 0.0825 e. The molecule has 0 saturated heterocycles. The number of rotatable bonds is 10. The quantitative estimate of drug-likeness (QED) is 0.379. The Kier molecular flexibility index (Phi) is 10.4. The number of allylic oxidation sites excluding steroid dienone is 2. The summed E-state index contributed by atoms with van der Waals surface area (Å²) in [5, 5.41) is 0. The molecule has 0 heteroatoms. The molecule has 19 heavy (non-hydrogen) atoms. The van der Waals surface area contributed by atoms with E-state index in [4.69, 9.17) is 0 Å². The van der Waals surface area contributed by atoms with Gasteiger partial charge in [0.2, 0.25) is 0 Å². The minimum absolute atomic E-state index is 0.748. The van der Waals surface area contributed by atoms with Crippen molar-refractivity contribution >= 4 is 0 Å². The van der Waals surface area contributed by atoms with Crippen LogP contribution in [-0.4, -0.2) is 0 Å². The molecule has 0 aromatic rings. The first-order valence-electron chi connectivity index (χ1n) is 8.58. The van der Waals surface area contributed by atoms with Crippen LogP contribution in [0.4, 0.5) is 0 Å². The fourth-order valence-corrected chi connectivity index (χ4v) is 3.35. The molecule has 0 aromatic carbocycles. The maximum absolute atomic E-state index is 2.56. The summed E-state index contributed by atoms with van der Waals surface area (Å²) in [4.78, 5) is 0. The van der Waals surface area contributed by atoms with E-state index in [1.165, 1.54) is 38.5 Å². The average Bonchev–Trinajstić information content (AvgIpc) is 2.26. The Hall–Kier alpha value is -0.260. The summed E-state index contributed by atoms with van der Waals surface area (Å²) in [7, 11) is 0. The van der Waals surface area contributed by atoms with Gasteiger partial charge in [0.1, 0.15) is 0 Å². The van der Waals surface area contributed by atoms with Crippen molar-refractivity contribution in [3.8, 4) is 0 Å². The summed E-state index contributed by atoms with van der Waals surface area (Å²) < 4.78 is 0. The molecule has 3 unspecified atom stereocenters. The van der Waals surface area contributed by atoms with Crippen molar-refractivity contribution in [1.82, 2.24) is 0 Å². The normalized spacial score (nSPS) is 17.6. The third-order valence-corrected chi connectivity index (χ3v) is 4.01. The van der Waals surface area contributed by atoms with Gasteiger partial charge in [0.15, 0.2) is 0 Å². The van der Waals surface area contributed by atoms with Crippen molar-refractivity contribution in [2.24, 2.45) is 23.7 Å². The highest BCUT2D eigenvalue weighted by atomic mass is 14.2. The van der Waals surface area contributed by atoms with Crippen LogP contribution >= 0.6 is 0 Å². The Balaban J connectivity index is 4.19. The smallest absolute Gasteiger partial charge is 0.0257 e. The molecule has 114 valence electrons. The molecule has 0 saturated carbocycles. The summed E-state index contributed by atoms with van der Waals surface area (Å²) >= 11 is 0. The molecule has 0 N–H and O–H groups in total. The lowest BCUT2D eigenvalue weighted by molar-refractivity contribution is 0.352. The van der Waals surface area contributed by atoms with E-state index < -0.39 is 0 Å². The SMILES string of the molecule is CCCC(C)CC(C)CC(C)C=C(CC)CC(C)C. The van der Waals surface area contributed by atoms with Crippen LogP contribution in [0.5, 0.6) is 0 Å². The molecule has 0 aliphatic carbocycles. The topological polar surface area (TPSA) is 0 Å². The molecule has 3 atom stereocenters. The summed E-state index contributed by atoms with van der Waals surface area (Å²) in [6.45, 7) is 16.5. The molecular formula is C19H38. The highest BCUT2D eigenvalue weighted by molar-refractivity contribution is 5.04.